The molecule has 1 aromatic carbocycles. The Hall–Kier alpha value is -2.30. The minimum absolute atomic E-state index is 0.103. The Balaban J connectivity index is 1.48. The summed E-state index contributed by atoms with van der Waals surface area (Å²) >= 11 is 0. The topological polar surface area (TPSA) is 56.1 Å². The zero-order valence-electron chi connectivity index (χ0n) is 16.5. The summed E-state index contributed by atoms with van der Waals surface area (Å²) in [5.74, 6) is 1.60. The van der Waals surface area contributed by atoms with Crippen molar-refractivity contribution in [2.45, 2.75) is 58.4 Å². The first-order valence-electron chi connectivity index (χ1n) is 10.2. The summed E-state index contributed by atoms with van der Waals surface area (Å²) < 4.78 is 7.59. The molecule has 1 saturated carbocycles. The van der Waals surface area contributed by atoms with Gasteiger partial charge >= 0.3 is 0 Å². The number of benzene rings is 1. The van der Waals surface area contributed by atoms with E-state index in [0.717, 1.165) is 42.4 Å². The summed E-state index contributed by atoms with van der Waals surface area (Å²) in [6.45, 7) is 3.28. The van der Waals surface area contributed by atoms with Crippen LogP contribution in [-0.4, -0.2) is 22.3 Å². The Morgan fingerprint density at radius 3 is 2.81 bits per heavy atom. The van der Waals surface area contributed by atoms with Crippen LogP contribution in [0, 0.1) is 5.92 Å². The zero-order valence-corrected chi connectivity index (χ0v) is 16.5. The van der Waals surface area contributed by atoms with Gasteiger partial charge in [-0.3, -0.25) is 9.48 Å². The number of hydrogen-bond acceptors (Lipinski definition) is 3. The molecule has 1 aromatic heterocycles. The van der Waals surface area contributed by atoms with E-state index in [9.17, 15) is 4.79 Å². The normalized spacial score (nSPS) is 14.9. The molecule has 0 saturated heterocycles. The average molecular weight is 370 g/mol. The molecule has 0 spiro atoms. The molecule has 0 bridgehead atoms. The molecule has 1 heterocycles. The molecule has 1 amide bonds. The molecule has 5 heteroatoms. The third kappa shape index (κ3) is 5.59. The van der Waals surface area contributed by atoms with Gasteiger partial charge in [0.2, 0.25) is 0 Å². The van der Waals surface area contributed by atoms with Crippen molar-refractivity contribution in [2.24, 2.45) is 13.0 Å². The van der Waals surface area contributed by atoms with Crippen LogP contribution in [0.15, 0.2) is 30.3 Å². The van der Waals surface area contributed by atoms with Crippen LogP contribution in [0.25, 0.3) is 0 Å². The van der Waals surface area contributed by atoms with Crippen molar-refractivity contribution in [3.05, 3.63) is 47.3 Å². The quantitative estimate of drug-likeness (QED) is 0.756. The highest BCUT2D eigenvalue weighted by Gasteiger charge is 2.14. The largest absolute Gasteiger partial charge is 0.494 e. The first-order chi connectivity index (χ1) is 13.2. The third-order valence-electron chi connectivity index (χ3n) is 5.40. The van der Waals surface area contributed by atoms with Crippen molar-refractivity contribution >= 4 is 5.91 Å². The molecule has 3 rings (SSSR count). The highest BCUT2D eigenvalue weighted by atomic mass is 16.5. The van der Waals surface area contributed by atoms with Crippen LogP contribution < -0.4 is 10.1 Å². The smallest absolute Gasteiger partial charge is 0.269 e. The van der Waals surface area contributed by atoms with Gasteiger partial charge in [-0.25, -0.2) is 0 Å². The standard InChI is InChI=1S/C22H31N3O2/c1-3-19-15-21(25(2)24-19)22(26)23-16-18-10-7-11-20(14-18)27-13-12-17-8-5-4-6-9-17/h7,10-11,14-15,17H,3-6,8-9,12-13,16H2,1-2H3,(H,23,26). The van der Waals surface area contributed by atoms with Crippen molar-refractivity contribution in [1.82, 2.24) is 15.1 Å². The van der Waals surface area contributed by atoms with Crippen LogP contribution in [0.1, 0.15) is 67.2 Å². The summed E-state index contributed by atoms with van der Waals surface area (Å²) in [5.41, 5.74) is 2.55. The second-order valence-corrected chi connectivity index (χ2v) is 7.47. The fourth-order valence-electron chi connectivity index (χ4n) is 3.75. The molecule has 2 aromatic rings. The molecule has 0 radical (unpaired) electrons. The molecule has 1 aliphatic carbocycles. The van der Waals surface area contributed by atoms with Gasteiger partial charge in [0.25, 0.3) is 5.91 Å². The maximum absolute atomic E-state index is 12.4. The van der Waals surface area contributed by atoms with E-state index in [4.69, 9.17) is 4.74 Å². The van der Waals surface area contributed by atoms with Crippen molar-refractivity contribution in [1.29, 1.82) is 0 Å². The molecule has 0 atom stereocenters. The van der Waals surface area contributed by atoms with Gasteiger partial charge in [-0.15, -0.1) is 0 Å². The molecular formula is C22H31N3O2. The second kappa shape index (κ2) is 9.58. The van der Waals surface area contributed by atoms with Gasteiger partial charge in [0.05, 0.1) is 12.3 Å². The SMILES string of the molecule is CCc1cc(C(=O)NCc2cccc(OCCC3CCCCC3)c2)n(C)n1. The maximum atomic E-state index is 12.4. The van der Waals surface area contributed by atoms with Crippen molar-refractivity contribution in [3.8, 4) is 5.75 Å². The van der Waals surface area contributed by atoms with Gasteiger partial charge < -0.3 is 10.1 Å². The van der Waals surface area contributed by atoms with Crippen LogP contribution >= 0.6 is 0 Å². The molecule has 0 unspecified atom stereocenters. The first kappa shape index (κ1) is 19.5. The number of aromatic nitrogens is 2. The van der Waals surface area contributed by atoms with Gasteiger partial charge in [0.15, 0.2) is 0 Å². The highest BCUT2D eigenvalue weighted by Crippen LogP contribution is 2.26. The summed E-state index contributed by atoms with van der Waals surface area (Å²) in [4.78, 5) is 12.4. The summed E-state index contributed by atoms with van der Waals surface area (Å²) in [6.07, 6.45) is 8.80. The molecule has 27 heavy (non-hydrogen) atoms. The minimum Gasteiger partial charge on any atom is -0.494 e. The molecule has 5 nitrogen and oxygen atoms in total. The molecule has 1 fully saturated rings. The summed E-state index contributed by atoms with van der Waals surface area (Å²) in [6, 6.07) is 9.84. The first-order valence-corrected chi connectivity index (χ1v) is 10.2. The van der Waals surface area contributed by atoms with Crippen molar-refractivity contribution in [2.75, 3.05) is 6.61 Å². The van der Waals surface area contributed by atoms with Crippen LogP contribution in [0.2, 0.25) is 0 Å². The van der Waals surface area contributed by atoms with Crippen molar-refractivity contribution < 1.29 is 9.53 Å². The Labute approximate surface area is 162 Å². The predicted octanol–water partition coefficient (Wildman–Crippen LogP) is 4.26. The van der Waals surface area contributed by atoms with E-state index in [1.165, 1.54) is 32.1 Å². The monoisotopic (exact) mass is 369 g/mol. The lowest BCUT2D eigenvalue weighted by molar-refractivity contribution is 0.0941. The number of aryl methyl sites for hydroxylation is 2. The van der Waals surface area contributed by atoms with Crippen LogP contribution in [0.5, 0.6) is 5.75 Å². The summed E-state index contributed by atoms with van der Waals surface area (Å²) in [7, 11) is 1.80. The van der Waals surface area contributed by atoms with Gasteiger partial charge in [-0.05, 0) is 42.5 Å². The number of carbonyl (C=O) groups is 1. The second-order valence-electron chi connectivity index (χ2n) is 7.47. The minimum atomic E-state index is -0.103. The lowest BCUT2D eigenvalue weighted by Gasteiger charge is -2.21. The third-order valence-corrected chi connectivity index (χ3v) is 5.40. The number of carbonyl (C=O) groups excluding carboxylic acids is 1. The Morgan fingerprint density at radius 2 is 2.07 bits per heavy atom. The van der Waals surface area contributed by atoms with Gasteiger partial charge in [-0.1, -0.05) is 51.2 Å². The van der Waals surface area contributed by atoms with E-state index in [0.29, 0.717) is 12.2 Å². The van der Waals surface area contributed by atoms with Crippen molar-refractivity contribution in [3.63, 3.8) is 0 Å². The number of nitrogens with zero attached hydrogens (tertiary/aromatic N) is 2. The fourth-order valence-corrected chi connectivity index (χ4v) is 3.75. The number of ether oxygens (including phenoxy) is 1. The van der Waals surface area contributed by atoms with Crippen LogP contribution in [0.3, 0.4) is 0 Å². The van der Waals surface area contributed by atoms with Gasteiger partial charge in [-0.2, -0.15) is 5.10 Å². The number of nitrogens with one attached hydrogen (secondary N) is 1. The van der Waals surface area contributed by atoms with E-state index in [-0.39, 0.29) is 5.91 Å². The molecule has 1 aliphatic rings. The van der Waals surface area contributed by atoms with E-state index >= 15 is 0 Å². The highest BCUT2D eigenvalue weighted by molar-refractivity contribution is 5.92. The molecule has 146 valence electrons. The Bertz CT molecular complexity index is 748. The number of hydrogen-bond donors (Lipinski definition) is 1. The molecular weight excluding hydrogens is 338 g/mol. The average Bonchev–Trinajstić information content (AvgIpc) is 3.08. The van der Waals surface area contributed by atoms with E-state index < -0.39 is 0 Å². The van der Waals surface area contributed by atoms with E-state index in [2.05, 4.69) is 10.4 Å². The Kier molecular flexibility index (Phi) is 6.91. The zero-order chi connectivity index (χ0) is 19.1. The predicted molar refractivity (Wildman–Crippen MR) is 107 cm³/mol. The lowest BCUT2D eigenvalue weighted by atomic mass is 9.87. The molecule has 1 N–H and O–H groups in total. The lowest BCUT2D eigenvalue weighted by Crippen LogP contribution is -2.25. The van der Waals surface area contributed by atoms with E-state index in [1.54, 1.807) is 11.7 Å². The fraction of sp³-hybridized carbons (Fsp3) is 0.545. The Morgan fingerprint density at radius 1 is 1.26 bits per heavy atom. The van der Waals surface area contributed by atoms with E-state index in [1.807, 2.05) is 37.3 Å². The number of rotatable bonds is 8. The number of amides is 1. The van der Waals surface area contributed by atoms with Gasteiger partial charge in [0, 0.05) is 13.6 Å². The molecule has 0 aliphatic heterocycles. The van der Waals surface area contributed by atoms with Gasteiger partial charge in [0.1, 0.15) is 11.4 Å². The maximum Gasteiger partial charge on any atom is 0.269 e. The van der Waals surface area contributed by atoms with Crippen LogP contribution in [-0.2, 0) is 20.0 Å². The summed E-state index contributed by atoms with van der Waals surface area (Å²) in [5, 5.41) is 7.30. The van der Waals surface area contributed by atoms with Crippen LogP contribution in [0.4, 0.5) is 0 Å².